The van der Waals surface area contributed by atoms with E-state index in [0.717, 1.165) is 16.9 Å². The van der Waals surface area contributed by atoms with E-state index in [1.807, 2.05) is 60.7 Å². The predicted octanol–water partition coefficient (Wildman–Crippen LogP) is 3.80. The number of benzene rings is 3. The highest BCUT2D eigenvalue weighted by molar-refractivity contribution is 5.83. The Morgan fingerprint density at radius 2 is 1.59 bits per heavy atom. The SMILES string of the molecule is COc1ccccc1OCC(=O)N/N=C/c1ccc(OCc2ccccc2)cc1. The highest BCUT2D eigenvalue weighted by atomic mass is 16.5. The third kappa shape index (κ3) is 6.39. The molecule has 1 N–H and O–H groups in total. The first-order chi connectivity index (χ1) is 14.2. The molecule has 6 nitrogen and oxygen atoms in total. The zero-order chi connectivity index (χ0) is 20.3. The van der Waals surface area contributed by atoms with Gasteiger partial charge in [0.1, 0.15) is 12.4 Å². The molecule has 0 heterocycles. The fourth-order valence-electron chi connectivity index (χ4n) is 2.48. The topological polar surface area (TPSA) is 69.2 Å². The largest absolute Gasteiger partial charge is 0.493 e. The van der Waals surface area contributed by atoms with Gasteiger partial charge in [-0.15, -0.1) is 0 Å². The maximum Gasteiger partial charge on any atom is 0.277 e. The van der Waals surface area contributed by atoms with Crippen LogP contribution in [0.25, 0.3) is 0 Å². The van der Waals surface area contributed by atoms with E-state index < -0.39 is 0 Å². The van der Waals surface area contributed by atoms with Crippen molar-refractivity contribution in [1.29, 1.82) is 0 Å². The van der Waals surface area contributed by atoms with Gasteiger partial charge in [-0.05, 0) is 47.5 Å². The van der Waals surface area contributed by atoms with Gasteiger partial charge in [-0.3, -0.25) is 4.79 Å². The lowest BCUT2D eigenvalue weighted by Crippen LogP contribution is -2.24. The molecule has 0 radical (unpaired) electrons. The first kappa shape index (κ1) is 19.9. The summed E-state index contributed by atoms with van der Waals surface area (Å²) in [5, 5.41) is 3.94. The van der Waals surface area contributed by atoms with Crippen LogP contribution in [0.15, 0.2) is 84.0 Å². The van der Waals surface area contributed by atoms with Crippen LogP contribution >= 0.6 is 0 Å². The molecule has 6 heteroatoms. The van der Waals surface area contributed by atoms with Crippen LogP contribution in [0.1, 0.15) is 11.1 Å². The summed E-state index contributed by atoms with van der Waals surface area (Å²) < 4.78 is 16.4. The zero-order valence-corrected chi connectivity index (χ0v) is 16.1. The van der Waals surface area contributed by atoms with Crippen LogP contribution in [0, 0.1) is 0 Å². The number of nitrogens with zero attached hydrogens (tertiary/aromatic N) is 1. The lowest BCUT2D eigenvalue weighted by atomic mass is 10.2. The number of carbonyl (C=O) groups excluding carboxylic acids is 1. The molecule has 29 heavy (non-hydrogen) atoms. The van der Waals surface area contributed by atoms with E-state index in [0.29, 0.717) is 18.1 Å². The smallest absolute Gasteiger partial charge is 0.277 e. The molecular weight excluding hydrogens is 368 g/mol. The molecule has 0 atom stereocenters. The summed E-state index contributed by atoms with van der Waals surface area (Å²) in [5.74, 6) is 1.47. The van der Waals surface area contributed by atoms with Crippen molar-refractivity contribution in [2.24, 2.45) is 5.10 Å². The van der Waals surface area contributed by atoms with Gasteiger partial charge in [0.05, 0.1) is 13.3 Å². The van der Waals surface area contributed by atoms with Gasteiger partial charge < -0.3 is 14.2 Å². The predicted molar refractivity (Wildman–Crippen MR) is 111 cm³/mol. The molecule has 0 bridgehead atoms. The van der Waals surface area contributed by atoms with E-state index in [9.17, 15) is 4.79 Å². The normalized spacial score (nSPS) is 10.5. The first-order valence-corrected chi connectivity index (χ1v) is 9.09. The van der Waals surface area contributed by atoms with Crippen LogP contribution in [0.4, 0.5) is 0 Å². The van der Waals surface area contributed by atoms with E-state index in [1.165, 1.54) is 0 Å². The first-order valence-electron chi connectivity index (χ1n) is 9.09. The highest BCUT2D eigenvalue weighted by Crippen LogP contribution is 2.25. The Bertz CT molecular complexity index is 941. The monoisotopic (exact) mass is 390 g/mol. The second-order valence-electron chi connectivity index (χ2n) is 6.08. The minimum atomic E-state index is -0.366. The molecule has 0 fully saturated rings. The number of rotatable bonds is 9. The second kappa shape index (κ2) is 10.5. The van der Waals surface area contributed by atoms with Gasteiger partial charge in [-0.1, -0.05) is 42.5 Å². The van der Waals surface area contributed by atoms with Crippen LogP contribution in [0.3, 0.4) is 0 Å². The minimum Gasteiger partial charge on any atom is -0.493 e. The van der Waals surface area contributed by atoms with Crippen molar-refractivity contribution in [2.75, 3.05) is 13.7 Å². The average Bonchev–Trinajstić information content (AvgIpc) is 2.78. The second-order valence-corrected chi connectivity index (χ2v) is 6.08. The van der Waals surface area contributed by atoms with E-state index >= 15 is 0 Å². The van der Waals surface area contributed by atoms with E-state index in [-0.39, 0.29) is 12.5 Å². The molecule has 0 aliphatic rings. The maximum absolute atomic E-state index is 11.9. The van der Waals surface area contributed by atoms with E-state index in [2.05, 4.69) is 10.5 Å². The molecule has 0 unspecified atom stereocenters. The summed E-state index contributed by atoms with van der Waals surface area (Å²) in [6, 6.07) is 24.5. The minimum absolute atomic E-state index is 0.163. The Balaban J connectivity index is 1.43. The third-order valence-electron chi connectivity index (χ3n) is 3.96. The van der Waals surface area contributed by atoms with Crippen molar-refractivity contribution < 1.29 is 19.0 Å². The molecule has 0 aliphatic carbocycles. The lowest BCUT2D eigenvalue weighted by Gasteiger charge is -2.09. The summed E-state index contributed by atoms with van der Waals surface area (Å²) in [4.78, 5) is 11.9. The number of hydrogen-bond donors (Lipinski definition) is 1. The number of ether oxygens (including phenoxy) is 3. The Morgan fingerprint density at radius 3 is 2.31 bits per heavy atom. The van der Waals surface area contributed by atoms with E-state index in [1.54, 1.807) is 31.5 Å². The van der Waals surface area contributed by atoms with Crippen molar-refractivity contribution in [3.8, 4) is 17.2 Å². The highest BCUT2D eigenvalue weighted by Gasteiger charge is 2.05. The number of hydrazone groups is 1. The number of methoxy groups -OCH3 is 1. The summed E-state index contributed by atoms with van der Waals surface area (Å²) in [7, 11) is 1.55. The number of carbonyl (C=O) groups is 1. The molecule has 0 saturated heterocycles. The molecule has 0 aromatic heterocycles. The molecule has 0 aliphatic heterocycles. The third-order valence-corrected chi connectivity index (χ3v) is 3.96. The zero-order valence-electron chi connectivity index (χ0n) is 16.1. The quantitative estimate of drug-likeness (QED) is 0.446. The fourth-order valence-corrected chi connectivity index (χ4v) is 2.48. The number of hydrogen-bond acceptors (Lipinski definition) is 5. The van der Waals surface area contributed by atoms with Crippen LogP contribution in [0.2, 0.25) is 0 Å². The van der Waals surface area contributed by atoms with Gasteiger partial charge in [0, 0.05) is 0 Å². The Hall–Kier alpha value is -3.80. The number of amides is 1. The van der Waals surface area contributed by atoms with Crippen molar-refractivity contribution in [3.63, 3.8) is 0 Å². The van der Waals surface area contributed by atoms with Gasteiger partial charge in [0.2, 0.25) is 0 Å². The molecule has 3 aromatic carbocycles. The summed E-state index contributed by atoms with van der Waals surface area (Å²) in [6.07, 6.45) is 1.56. The van der Waals surface area contributed by atoms with Gasteiger partial charge in [-0.2, -0.15) is 5.10 Å². The average molecular weight is 390 g/mol. The van der Waals surface area contributed by atoms with Gasteiger partial charge in [0.15, 0.2) is 18.1 Å². The molecule has 148 valence electrons. The number of para-hydroxylation sites is 2. The molecule has 0 spiro atoms. The molecular formula is C23H22N2O4. The molecule has 0 saturated carbocycles. The van der Waals surface area contributed by atoms with Gasteiger partial charge in [0.25, 0.3) is 5.91 Å². The summed E-state index contributed by atoms with van der Waals surface area (Å²) >= 11 is 0. The van der Waals surface area contributed by atoms with Gasteiger partial charge >= 0.3 is 0 Å². The number of nitrogens with one attached hydrogen (secondary N) is 1. The molecule has 1 amide bonds. The Kier molecular flexibility index (Phi) is 7.23. The van der Waals surface area contributed by atoms with E-state index in [4.69, 9.17) is 14.2 Å². The molecule has 3 rings (SSSR count). The van der Waals surface area contributed by atoms with Gasteiger partial charge in [-0.25, -0.2) is 5.43 Å². The Labute approximate surface area is 169 Å². The van der Waals surface area contributed by atoms with Crippen LogP contribution in [0.5, 0.6) is 17.2 Å². The van der Waals surface area contributed by atoms with Crippen molar-refractivity contribution >= 4 is 12.1 Å². The maximum atomic E-state index is 11.9. The summed E-state index contributed by atoms with van der Waals surface area (Å²) in [5.41, 5.74) is 4.38. The Morgan fingerprint density at radius 1 is 0.897 bits per heavy atom. The van der Waals surface area contributed by atoms with Crippen LogP contribution in [-0.4, -0.2) is 25.8 Å². The van der Waals surface area contributed by atoms with Crippen molar-refractivity contribution in [3.05, 3.63) is 90.0 Å². The molecule has 3 aromatic rings. The lowest BCUT2D eigenvalue weighted by molar-refractivity contribution is -0.123. The fraction of sp³-hybridized carbons (Fsp3) is 0.130. The van der Waals surface area contributed by atoms with Crippen LogP contribution < -0.4 is 19.6 Å². The van der Waals surface area contributed by atoms with Crippen LogP contribution in [-0.2, 0) is 11.4 Å². The summed E-state index contributed by atoms with van der Waals surface area (Å²) in [6.45, 7) is 0.348. The standard InChI is InChI=1S/C23H22N2O4/c1-27-21-9-5-6-10-22(21)29-17-23(26)25-24-15-18-11-13-20(14-12-18)28-16-19-7-3-2-4-8-19/h2-15H,16-17H2,1H3,(H,25,26)/b24-15+. The van der Waals surface area contributed by atoms with Crippen molar-refractivity contribution in [1.82, 2.24) is 5.43 Å². The van der Waals surface area contributed by atoms with Crippen molar-refractivity contribution in [2.45, 2.75) is 6.61 Å².